The van der Waals surface area contributed by atoms with Gasteiger partial charge in [-0.3, -0.25) is 4.79 Å². The van der Waals surface area contributed by atoms with E-state index in [1.165, 1.54) is 13.2 Å². The standard InChI is InChI=1S/C11H9ClF2N2O2/c1-18-9(17)3-7-2-6(4-12)10(11(13)14)8(5-15)16-7/h2,11H,3-4H2,1H3. The highest BCUT2D eigenvalue weighted by Gasteiger charge is 2.21. The van der Waals surface area contributed by atoms with Crippen molar-refractivity contribution in [2.45, 2.75) is 18.7 Å². The van der Waals surface area contributed by atoms with Gasteiger partial charge in [0, 0.05) is 5.88 Å². The summed E-state index contributed by atoms with van der Waals surface area (Å²) in [6.45, 7) is 0. The summed E-state index contributed by atoms with van der Waals surface area (Å²) in [4.78, 5) is 14.8. The van der Waals surface area contributed by atoms with E-state index in [1.807, 2.05) is 0 Å². The highest BCUT2D eigenvalue weighted by Crippen LogP contribution is 2.27. The van der Waals surface area contributed by atoms with Crippen LogP contribution in [-0.4, -0.2) is 18.1 Å². The van der Waals surface area contributed by atoms with E-state index in [9.17, 15) is 13.6 Å². The van der Waals surface area contributed by atoms with E-state index in [0.717, 1.165) is 0 Å². The number of ether oxygens (including phenoxy) is 1. The summed E-state index contributed by atoms with van der Waals surface area (Å²) in [5.74, 6) is -0.762. The summed E-state index contributed by atoms with van der Waals surface area (Å²) in [5, 5.41) is 8.80. The Morgan fingerprint density at radius 3 is 2.78 bits per heavy atom. The number of nitriles is 1. The van der Waals surface area contributed by atoms with Crippen LogP contribution in [0.3, 0.4) is 0 Å². The van der Waals surface area contributed by atoms with E-state index in [4.69, 9.17) is 16.9 Å². The van der Waals surface area contributed by atoms with Gasteiger partial charge in [0.05, 0.1) is 24.8 Å². The van der Waals surface area contributed by atoms with Crippen molar-refractivity contribution in [3.8, 4) is 6.07 Å². The number of rotatable bonds is 4. The Labute approximate surface area is 107 Å². The Balaban J connectivity index is 3.27. The van der Waals surface area contributed by atoms with E-state index in [0.29, 0.717) is 0 Å². The molecule has 0 aliphatic rings. The fourth-order valence-corrected chi connectivity index (χ4v) is 1.64. The van der Waals surface area contributed by atoms with Gasteiger partial charge in [-0.25, -0.2) is 13.8 Å². The number of aromatic nitrogens is 1. The largest absolute Gasteiger partial charge is 0.469 e. The number of alkyl halides is 3. The fourth-order valence-electron chi connectivity index (χ4n) is 1.42. The van der Waals surface area contributed by atoms with Crippen LogP contribution in [-0.2, 0) is 21.8 Å². The van der Waals surface area contributed by atoms with E-state index in [1.54, 1.807) is 6.07 Å². The summed E-state index contributed by atoms with van der Waals surface area (Å²) >= 11 is 5.56. The van der Waals surface area contributed by atoms with Crippen LogP contribution in [0.2, 0.25) is 0 Å². The zero-order chi connectivity index (χ0) is 13.7. The molecular formula is C11H9ClF2N2O2. The molecular weight excluding hydrogens is 266 g/mol. The molecule has 18 heavy (non-hydrogen) atoms. The molecule has 1 aromatic rings. The molecule has 4 nitrogen and oxygen atoms in total. The fraction of sp³-hybridized carbons (Fsp3) is 0.364. The number of methoxy groups -OCH3 is 1. The maximum atomic E-state index is 12.8. The predicted octanol–water partition coefficient (Wildman–Crippen LogP) is 2.35. The van der Waals surface area contributed by atoms with E-state index < -0.39 is 23.7 Å². The molecule has 0 radical (unpaired) electrons. The first-order valence-corrected chi connectivity index (χ1v) is 5.40. The molecule has 0 aromatic carbocycles. The van der Waals surface area contributed by atoms with Crippen molar-refractivity contribution >= 4 is 17.6 Å². The topological polar surface area (TPSA) is 63.0 Å². The van der Waals surface area contributed by atoms with Crippen LogP contribution in [0.1, 0.15) is 28.9 Å². The van der Waals surface area contributed by atoms with Crippen LogP contribution < -0.4 is 0 Å². The lowest BCUT2D eigenvalue weighted by molar-refractivity contribution is -0.139. The first-order chi connectivity index (χ1) is 8.53. The monoisotopic (exact) mass is 274 g/mol. The first kappa shape index (κ1) is 14.3. The molecule has 0 aliphatic heterocycles. The van der Waals surface area contributed by atoms with Crippen LogP contribution in [0.5, 0.6) is 0 Å². The third kappa shape index (κ3) is 3.14. The Kier molecular flexibility index (Phi) is 4.98. The van der Waals surface area contributed by atoms with Crippen LogP contribution in [0, 0.1) is 11.3 Å². The third-order valence-corrected chi connectivity index (χ3v) is 2.51. The van der Waals surface area contributed by atoms with Gasteiger partial charge in [0.15, 0.2) is 0 Å². The van der Waals surface area contributed by atoms with Gasteiger partial charge in [-0.1, -0.05) is 0 Å². The summed E-state index contributed by atoms with van der Waals surface area (Å²) in [7, 11) is 1.20. The maximum Gasteiger partial charge on any atom is 0.311 e. The Bertz CT molecular complexity index is 501. The van der Waals surface area contributed by atoms with E-state index in [-0.39, 0.29) is 23.6 Å². The van der Waals surface area contributed by atoms with Gasteiger partial charge in [0.1, 0.15) is 11.8 Å². The van der Waals surface area contributed by atoms with Gasteiger partial charge in [0.25, 0.3) is 6.43 Å². The SMILES string of the molecule is COC(=O)Cc1cc(CCl)c(C(F)F)c(C#N)n1. The lowest BCUT2D eigenvalue weighted by Gasteiger charge is -2.10. The van der Waals surface area contributed by atoms with Gasteiger partial charge in [-0.05, 0) is 11.6 Å². The van der Waals surface area contributed by atoms with Crippen molar-refractivity contribution in [2.24, 2.45) is 0 Å². The number of hydrogen-bond acceptors (Lipinski definition) is 4. The average Bonchev–Trinajstić information content (AvgIpc) is 2.36. The van der Waals surface area contributed by atoms with Crippen LogP contribution in [0.25, 0.3) is 0 Å². The van der Waals surface area contributed by atoms with Crippen molar-refractivity contribution in [1.82, 2.24) is 4.98 Å². The van der Waals surface area contributed by atoms with Crippen molar-refractivity contribution < 1.29 is 18.3 Å². The highest BCUT2D eigenvalue weighted by molar-refractivity contribution is 6.17. The normalized spacial score (nSPS) is 10.2. The molecule has 1 heterocycles. The molecule has 0 spiro atoms. The summed E-state index contributed by atoms with van der Waals surface area (Å²) in [5.41, 5.74) is -0.626. The maximum absolute atomic E-state index is 12.8. The first-order valence-electron chi connectivity index (χ1n) is 4.87. The van der Waals surface area contributed by atoms with E-state index in [2.05, 4.69) is 9.72 Å². The molecule has 96 valence electrons. The molecule has 1 aromatic heterocycles. The average molecular weight is 275 g/mol. The molecule has 0 atom stereocenters. The highest BCUT2D eigenvalue weighted by atomic mass is 35.5. The van der Waals surface area contributed by atoms with Gasteiger partial charge in [-0.2, -0.15) is 5.26 Å². The van der Waals surface area contributed by atoms with Gasteiger partial charge in [-0.15, -0.1) is 11.6 Å². The minimum absolute atomic E-state index is 0.0946. The quantitative estimate of drug-likeness (QED) is 0.624. The molecule has 0 unspecified atom stereocenters. The minimum atomic E-state index is -2.84. The minimum Gasteiger partial charge on any atom is -0.469 e. The second-order valence-electron chi connectivity index (χ2n) is 3.33. The molecule has 0 aliphatic carbocycles. The van der Waals surface area contributed by atoms with Crippen LogP contribution >= 0.6 is 11.6 Å². The van der Waals surface area contributed by atoms with Gasteiger partial charge in [0.2, 0.25) is 0 Å². The number of nitrogens with zero attached hydrogens (tertiary/aromatic N) is 2. The van der Waals surface area contributed by atoms with Crippen LogP contribution in [0.15, 0.2) is 6.07 Å². The Morgan fingerprint density at radius 2 is 2.33 bits per heavy atom. The van der Waals surface area contributed by atoms with Gasteiger partial charge < -0.3 is 4.74 Å². The lowest BCUT2D eigenvalue weighted by Crippen LogP contribution is -2.10. The molecule has 0 saturated carbocycles. The molecule has 0 amide bonds. The summed E-state index contributed by atoms with van der Waals surface area (Å²) < 4.78 is 30.0. The second kappa shape index (κ2) is 6.26. The van der Waals surface area contributed by atoms with Gasteiger partial charge >= 0.3 is 5.97 Å². The molecule has 7 heteroatoms. The summed E-state index contributed by atoms with van der Waals surface area (Å²) in [6, 6.07) is 2.87. The number of esters is 1. The molecule has 0 N–H and O–H groups in total. The van der Waals surface area contributed by atoms with Crippen molar-refractivity contribution in [3.63, 3.8) is 0 Å². The third-order valence-electron chi connectivity index (χ3n) is 2.22. The number of hydrogen-bond donors (Lipinski definition) is 0. The Hall–Kier alpha value is -1.74. The number of carbonyl (C=O) groups excluding carboxylic acids is 1. The number of pyridine rings is 1. The molecule has 1 rings (SSSR count). The second-order valence-corrected chi connectivity index (χ2v) is 3.60. The van der Waals surface area contributed by atoms with Crippen molar-refractivity contribution in [2.75, 3.05) is 7.11 Å². The number of halogens is 3. The molecule has 0 bridgehead atoms. The van der Waals surface area contributed by atoms with Crippen molar-refractivity contribution in [3.05, 3.63) is 28.6 Å². The number of carbonyl (C=O) groups is 1. The van der Waals surface area contributed by atoms with E-state index >= 15 is 0 Å². The van der Waals surface area contributed by atoms with Crippen molar-refractivity contribution in [1.29, 1.82) is 5.26 Å². The Morgan fingerprint density at radius 1 is 1.67 bits per heavy atom. The lowest BCUT2D eigenvalue weighted by atomic mass is 10.1. The zero-order valence-electron chi connectivity index (χ0n) is 9.41. The predicted molar refractivity (Wildman–Crippen MR) is 59.2 cm³/mol. The smallest absolute Gasteiger partial charge is 0.311 e. The molecule has 0 saturated heterocycles. The van der Waals surface area contributed by atoms with Crippen LogP contribution in [0.4, 0.5) is 8.78 Å². The zero-order valence-corrected chi connectivity index (χ0v) is 10.2. The molecule has 0 fully saturated rings. The summed E-state index contributed by atoms with van der Waals surface area (Å²) in [6.07, 6.45) is -3.04.